The van der Waals surface area contributed by atoms with Crippen molar-refractivity contribution in [2.75, 3.05) is 6.54 Å². The second-order valence-electron chi connectivity index (χ2n) is 5.19. The van der Waals surface area contributed by atoms with Crippen LogP contribution >= 0.6 is 0 Å². The smallest absolute Gasteiger partial charge is 0.282 e. The van der Waals surface area contributed by atoms with E-state index >= 15 is 0 Å². The van der Waals surface area contributed by atoms with Gasteiger partial charge in [-0.3, -0.25) is 14.9 Å². The largest absolute Gasteiger partial charge is 0.393 e. The third-order valence-electron chi connectivity index (χ3n) is 3.82. The highest BCUT2D eigenvalue weighted by atomic mass is 16.6. The number of nitrogens with zero attached hydrogens (tertiary/aromatic N) is 1. The fourth-order valence-electron chi connectivity index (χ4n) is 2.67. The van der Waals surface area contributed by atoms with E-state index in [0.29, 0.717) is 12.1 Å². The van der Waals surface area contributed by atoms with Crippen LogP contribution in [0.15, 0.2) is 18.2 Å². The average Bonchev–Trinajstić information content (AvgIpc) is 2.81. The average molecular weight is 278 g/mol. The Morgan fingerprint density at radius 1 is 1.50 bits per heavy atom. The van der Waals surface area contributed by atoms with Crippen molar-refractivity contribution in [3.63, 3.8) is 0 Å². The number of aryl methyl sites for hydroxylation is 1. The number of amides is 1. The van der Waals surface area contributed by atoms with Crippen LogP contribution in [0.5, 0.6) is 0 Å². The van der Waals surface area contributed by atoms with Crippen LogP contribution in [0.2, 0.25) is 0 Å². The number of benzene rings is 1. The van der Waals surface area contributed by atoms with Crippen LogP contribution in [0.25, 0.3) is 0 Å². The first kappa shape index (κ1) is 14.5. The molecule has 2 unspecified atom stereocenters. The fourth-order valence-corrected chi connectivity index (χ4v) is 2.67. The predicted octanol–water partition coefficient (Wildman–Crippen LogP) is 1.79. The molecule has 2 N–H and O–H groups in total. The van der Waals surface area contributed by atoms with E-state index in [9.17, 15) is 20.0 Å². The molecule has 1 amide bonds. The van der Waals surface area contributed by atoms with Gasteiger partial charge in [0.1, 0.15) is 5.56 Å². The lowest BCUT2D eigenvalue weighted by Gasteiger charge is -2.15. The molecule has 1 aromatic rings. The number of carbonyl (C=O) groups is 1. The second-order valence-corrected chi connectivity index (χ2v) is 5.19. The minimum absolute atomic E-state index is 0.0435. The van der Waals surface area contributed by atoms with Gasteiger partial charge >= 0.3 is 0 Å². The molecule has 0 aliphatic heterocycles. The molecule has 2 atom stereocenters. The van der Waals surface area contributed by atoms with Gasteiger partial charge < -0.3 is 10.4 Å². The highest BCUT2D eigenvalue weighted by Crippen LogP contribution is 2.25. The van der Waals surface area contributed by atoms with Gasteiger partial charge in [0, 0.05) is 18.5 Å². The van der Waals surface area contributed by atoms with Crippen molar-refractivity contribution in [3.05, 3.63) is 39.4 Å². The topological polar surface area (TPSA) is 92.5 Å². The summed E-state index contributed by atoms with van der Waals surface area (Å²) < 4.78 is 0. The molecular formula is C14H18N2O4. The molecular weight excluding hydrogens is 260 g/mol. The quantitative estimate of drug-likeness (QED) is 0.648. The monoisotopic (exact) mass is 278 g/mol. The van der Waals surface area contributed by atoms with Crippen LogP contribution in [0.3, 0.4) is 0 Å². The predicted molar refractivity (Wildman–Crippen MR) is 73.5 cm³/mol. The van der Waals surface area contributed by atoms with Crippen molar-refractivity contribution in [2.24, 2.45) is 5.92 Å². The molecule has 0 bridgehead atoms. The van der Waals surface area contributed by atoms with E-state index < -0.39 is 10.8 Å². The van der Waals surface area contributed by atoms with E-state index in [4.69, 9.17) is 0 Å². The second kappa shape index (κ2) is 6.00. The Bertz CT molecular complexity index is 530. The van der Waals surface area contributed by atoms with Gasteiger partial charge in [0.25, 0.3) is 11.6 Å². The number of nitro benzene ring substituents is 1. The molecule has 20 heavy (non-hydrogen) atoms. The molecule has 0 heterocycles. The van der Waals surface area contributed by atoms with Crippen LogP contribution in [-0.2, 0) is 0 Å². The molecule has 108 valence electrons. The van der Waals surface area contributed by atoms with E-state index in [1.807, 2.05) is 0 Å². The summed E-state index contributed by atoms with van der Waals surface area (Å²) in [6.07, 6.45) is 2.19. The highest BCUT2D eigenvalue weighted by Gasteiger charge is 2.27. The molecule has 0 spiro atoms. The fraction of sp³-hybridized carbons (Fsp3) is 0.500. The van der Waals surface area contributed by atoms with Crippen molar-refractivity contribution in [1.82, 2.24) is 5.32 Å². The molecule has 1 aliphatic rings. The number of hydrogen-bond acceptors (Lipinski definition) is 4. The number of aliphatic hydroxyl groups excluding tert-OH is 1. The number of carbonyl (C=O) groups excluding carboxylic acids is 1. The molecule has 0 saturated heterocycles. The van der Waals surface area contributed by atoms with Gasteiger partial charge in [-0.05, 0) is 25.3 Å². The standard InChI is InChI=1S/C14H18N2O4/c1-9-4-2-6-11(16(19)20)13(9)14(18)15-8-10-5-3-7-12(10)17/h2,4,6,10,12,17H,3,5,7-8H2,1H3,(H,15,18). The van der Waals surface area contributed by atoms with Crippen molar-refractivity contribution in [2.45, 2.75) is 32.3 Å². The van der Waals surface area contributed by atoms with Crippen molar-refractivity contribution >= 4 is 11.6 Å². The van der Waals surface area contributed by atoms with Crippen LogP contribution in [0.1, 0.15) is 35.2 Å². The van der Waals surface area contributed by atoms with E-state index in [0.717, 1.165) is 19.3 Å². The van der Waals surface area contributed by atoms with Crippen molar-refractivity contribution in [3.8, 4) is 0 Å². The summed E-state index contributed by atoms with van der Waals surface area (Å²) in [4.78, 5) is 22.6. The number of rotatable bonds is 4. The van der Waals surface area contributed by atoms with E-state index in [1.165, 1.54) is 6.07 Å². The van der Waals surface area contributed by atoms with Gasteiger partial charge in [0.15, 0.2) is 0 Å². The van der Waals surface area contributed by atoms with Gasteiger partial charge in [-0.2, -0.15) is 0 Å². The van der Waals surface area contributed by atoms with Gasteiger partial charge in [0.05, 0.1) is 11.0 Å². The van der Waals surface area contributed by atoms with E-state index in [2.05, 4.69) is 5.32 Å². The summed E-state index contributed by atoms with van der Waals surface area (Å²) in [5.41, 5.74) is 0.489. The Labute approximate surface area is 117 Å². The maximum atomic E-state index is 12.2. The van der Waals surface area contributed by atoms with E-state index in [-0.39, 0.29) is 23.3 Å². The zero-order chi connectivity index (χ0) is 14.7. The molecule has 1 aromatic carbocycles. The molecule has 6 nitrogen and oxygen atoms in total. The van der Waals surface area contributed by atoms with Gasteiger partial charge in [-0.25, -0.2) is 0 Å². The highest BCUT2D eigenvalue weighted by molar-refractivity contribution is 5.99. The molecule has 2 rings (SSSR count). The number of nitro groups is 1. The van der Waals surface area contributed by atoms with Crippen LogP contribution in [0.4, 0.5) is 5.69 Å². The van der Waals surface area contributed by atoms with Crippen LogP contribution < -0.4 is 5.32 Å². The summed E-state index contributed by atoms with van der Waals surface area (Å²) >= 11 is 0. The maximum absolute atomic E-state index is 12.2. The normalized spacial score (nSPS) is 21.7. The lowest BCUT2D eigenvalue weighted by Crippen LogP contribution is -2.33. The van der Waals surface area contributed by atoms with Gasteiger partial charge in [-0.15, -0.1) is 0 Å². The SMILES string of the molecule is Cc1cccc([N+](=O)[O-])c1C(=O)NCC1CCCC1O. The summed E-state index contributed by atoms with van der Waals surface area (Å²) in [5.74, 6) is -0.407. The Morgan fingerprint density at radius 2 is 2.25 bits per heavy atom. The lowest BCUT2D eigenvalue weighted by molar-refractivity contribution is -0.385. The molecule has 1 fully saturated rings. The maximum Gasteiger partial charge on any atom is 0.282 e. The Balaban J connectivity index is 2.11. The third-order valence-corrected chi connectivity index (χ3v) is 3.82. The Kier molecular flexibility index (Phi) is 4.34. The first-order valence-electron chi connectivity index (χ1n) is 6.71. The molecule has 1 saturated carbocycles. The Hall–Kier alpha value is -1.95. The lowest BCUT2D eigenvalue weighted by atomic mass is 10.0. The van der Waals surface area contributed by atoms with Gasteiger partial charge in [-0.1, -0.05) is 18.6 Å². The number of hydrogen-bond donors (Lipinski definition) is 2. The van der Waals surface area contributed by atoms with Crippen LogP contribution in [-0.4, -0.2) is 28.6 Å². The van der Waals surface area contributed by atoms with E-state index in [1.54, 1.807) is 19.1 Å². The zero-order valence-corrected chi connectivity index (χ0v) is 11.3. The Morgan fingerprint density at radius 3 is 2.85 bits per heavy atom. The number of aliphatic hydroxyl groups is 1. The molecule has 0 radical (unpaired) electrons. The van der Waals surface area contributed by atoms with Crippen molar-refractivity contribution in [1.29, 1.82) is 0 Å². The summed E-state index contributed by atoms with van der Waals surface area (Å²) in [7, 11) is 0. The van der Waals surface area contributed by atoms with Crippen LogP contribution in [0, 0.1) is 23.0 Å². The van der Waals surface area contributed by atoms with Gasteiger partial charge in [0.2, 0.25) is 0 Å². The summed E-state index contributed by atoms with van der Waals surface area (Å²) in [6.45, 7) is 2.03. The number of nitrogens with one attached hydrogen (secondary N) is 1. The molecule has 0 aromatic heterocycles. The zero-order valence-electron chi connectivity index (χ0n) is 11.3. The first-order valence-corrected chi connectivity index (χ1v) is 6.71. The molecule has 6 heteroatoms. The minimum Gasteiger partial charge on any atom is -0.393 e. The van der Waals surface area contributed by atoms with Crippen molar-refractivity contribution < 1.29 is 14.8 Å². The minimum atomic E-state index is -0.549. The molecule has 1 aliphatic carbocycles. The summed E-state index contributed by atoms with van der Waals surface area (Å²) in [5, 5.41) is 23.4. The summed E-state index contributed by atoms with van der Waals surface area (Å²) in [6, 6.07) is 4.56. The third kappa shape index (κ3) is 2.96. The first-order chi connectivity index (χ1) is 9.50.